The summed E-state index contributed by atoms with van der Waals surface area (Å²) in [6, 6.07) is 4.04. The number of nitrogens with one attached hydrogen (secondary N) is 1. The maximum absolute atomic E-state index is 12.1. The molecule has 1 unspecified atom stereocenters. The molecule has 1 aromatic heterocycles. The van der Waals surface area contributed by atoms with E-state index in [-0.39, 0.29) is 5.75 Å². The highest BCUT2D eigenvalue weighted by Crippen LogP contribution is 2.21. The van der Waals surface area contributed by atoms with Gasteiger partial charge in [0.25, 0.3) is 5.76 Å². The minimum atomic E-state index is -2.35. The van der Waals surface area contributed by atoms with Crippen LogP contribution in [-0.2, 0) is 12.3 Å². The van der Waals surface area contributed by atoms with E-state index in [2.05, 4.69) is 17.1 Å². The Morgan fingerprint density at radius 1 is 1.24 bits per heavy atom. The molecule has 2 heterocycles. The molecule has 1 aliphatic rings. The van der Waals surface area contributed by atoms with E-state index in [0.717, 1.165) is 12.3 Å². The zero-order valence-corrected chi connectivity index (χ0v) is 13.3. The fourth-order valence-electron chi connectivity index (χ4n) is 2.61. The summed E-state index contributed by atoms with van der Waals surface area (Å²) in [7, 11) is 0. The van der Waals surface area contributed by atoms with Crippen molar-refractivity contribution in [1.29, 1.82) is 0 Å². The van der Waals surface area contributed by atoms with Gasteiger partial charge in [0.1, 0.15) is 11.5 Å². The third kappa shape index (κ3) is 6.36. The Morgan fingerprint density at radius 3 is 2.67 bits per heavy atom. The van der Waals surface area contributed by atoms with Crippen LogP contribution in [0.2, 0.25) is 0 Å². The molecule has 1 fully saturated rings. The van der Waals surface area contributed by atoms with Gasteiger partial charge in [-0.3, -0.25) is 0 Å². The lowest BCUT2D eigenvalue weighted by Gasteiger charge is -2.29. The standard InChI is InChI=1S/C15H24F2N2OS/c1-12(10-19-7-3-2-4-8-19)18-9-13-5-6-14(20-13)11-21-15(16)17/h5-6,12,15,18H,2-4,7-11H2,1H3. The van der Waals surface area contributed by atoms with E-state index in [4.69, 9.17) is 4.42 Å². The Hall–Kier alpha value is -0.590. The van der Waals surface area contributed by atoms with Crippen LogP contribution in [0.3, 0.4) is 0 Å². The van der Waals surface area contributed by atoms with Crippen molar-refractivity contribution >= 4 is 11.8 Å². The molecule has 1 N–H and O–H groups in total. The second-order valence-electron chi connectivity index (χ2n) is 5.58. The summed E-state index contributed by atoms with van der Waals surface area (Å²) >= 11 is 0.591. The first-order chi connectivity index (χ1) is 10.1. The zero-order chi connectivity index (χ0) is 15.1. The number of rotatable bonds is 8. The largest absolute Gasteiger partial charge is 0.464 e. The van der Waals surface area contributed by atoms with Crippen molar-refractivity contribution in [2.45, 2.75) is 50.3 Å². The summed E-state index contributed by atoms with van der Waals surface area (Å²) in [5.74, 6) is -0.701. The molecule has 0 aromatic carbocycles. The van der Waals surface area contributed by atoms with Crippen LogP contribution < -0.4 is 5.32 Å². The molecule has 0 spiro atoms. The summed E-state index contributed by atoms with van der Waals surface area (Å²) in [5.41, 5.74) is 0. The number of furan rings is 1. The number of hydrogen-bond acceptors (Lipinski definition) is 4. The molecule has 1 aliphatic heterocycles. The number of halogens is 2. The van der Waals surface area contributed by atoms with Gasteiger partial charge < -0.3 is 14.6 Å². The number of thioether (sulfide) groups is 1. The molecular formula is C15H24F2N2OS. The van der Waals surface area contributed by atoms with E-state index in [0.29, 0.717) is 30.1 Å². The lowest BCUT2D eigenvalue weighted by Crippen LogP contribution is -2.41. The Balaban J connectivity index is 1.67. The summed E-state index contributed by atoms with van der Waals surface area (Å²) in [5, 5.41) is 3.43. The van der Waals surface area contributed by atoms with Gasteiger partial charge in [0.15, 0.2) is 0 Å². The predicted molar refractivity (Wildman–Crippen MR) is 82.6 cm³/mol. The minimum Gasteiger partial charge on any atom is -0.464 e. The van der Waals surface area contributed by atoms with Gasteiger partial charge in [0, 0.05) is 12.6 Å². The van der Waals surface area contributed by atoms with Gasteiger partial charge >= 0.3 is 0 Å². The Bertz CT molecular complexity index is 408. The molecule has 2 rings (SSSR count). The first kappa shape index (κ1) is 16.8. The lowest BCUT2D eigenvalue weighted by molar-refractivity contribution is 0.207. The summed E-state index contributed by atoms with van der Waals surface area (Å²) in [6.07, 6.45) is 3.95. The van der Waals surface area contributed by atoms with Gasteiger partial charge in [-0.25, -0.2) is 0 Å². The fraction of sp³-hybridized carbons (Fsp3) is 0.733. The van der Waals surface area contributed by atoms with Crippen LogP contribution in [0.15, 0.2) is 16.5 Å². The molecule has 0 radical (unpaired) electrons. The van der Waals surface area contributed by atoms with E-state index in [9.17, 15) is 8.78 Å². The lowest BCUT2D eigenvalue weighted by atomic mass is 10.1. The van der Waals surface area contributed by atoms with Gasteiger partial charge in [-0.15, -0.1) is 0 Å². The fourth-order valence-corrected chi connectivity index (χ4v) is 3.05. The number of nitrogens with zero attached hydrogens (tertiary/aromatic N) is 1. The van der Waals surface area contributed by atoms with Crippen LogP contribution in [-0.4, -0.2) is 36.3 Å². The van der Waals surface area contributed by atoms with Crippen molar-refractivity contribution in [3.8, 4) is 0 Å². The number of piperidine rings is 1. The normalized spacial score (nSPS) is 18.3. The molecule has 120 valence electrons. The van der Waals surface area contributed by atoms with Crippen LogP contribution in [0.4, 0.5) is 8.78 Å². The van der Waals surface area contributed by atoms with Crippen LogP contribution in [0.5, 0.6) is 0 Å². The monoisotopic (exact) mass is 318 g/mol. The van der Waals surface area contributed by atoms with Gasteiger partial charge in [-0.1, -0.05) is 18.2 Å². The molecule has 0 amide bonds. The zero-order valence-electron chi connectivity index (χ0n) is 12.5. The van der Waals surface area contributed by atoms with E-state index >= 15 is 0 Å². The van der Waals surface area contributed by atoms with Crippen LogP contribution in [0.1, 0.15) is 37.7 Å². The third-order valence-electron chi connectivity index (χ3n) is 3.67. The highest BCUT2D eigenvalue weighted by atomic mass is 32.2. The SMILES string of the molecule is CC(CN1CCCCC1)NCc1ccc(CSC(F)F)o1. The third-order valence-corrected chi connectivity index (χ3v) is 4.38. The van der Waals surface area contributed by atoms with Crippen molar-refractivity contribution in [2.24, 2.45) is 0 Å². The molecule has 1 saturated heterocycles. The Labute approximate surface area is 129 Å². The van der Waals surface area contributed by atoms with Crippen molar-refractivity contribution in [1.82, 2.24) is 10.2 Å². The predicted octanol–water partition coefficient (Wildman–Crippen LogP) is 3.70. The van der Waals surface area contributed by atoms with Gasteiger partial charge in [0.05, 0.1) is 12.3 Å². The molecule has 21 heavy (non-hydrogen) atoms. The molecular weight excluding hydrogens is 294 g/mol. The van der Waals surface area contributed by atoms with Crippen LogP contribution in [0, 0.1) is 0 Å². The first-order valence-electron chi connectivity index (χ1n) is 7.56. The highest BCUT2D eigenvalue weighted by molar-refractivity contribution is 7.98. The van der Waals surface area contributed by atoms with Crippen molar-refractivity contribution < 1.29 is 13.2 Å². The molecule has 6 heteroatoms. The topological polar surface area (TPSA) is 28.4 Å². The highest BCUT2D eigenvalue weighted by Gasteiger charge is 2.13. The number of alkyl halides is 2. The van der Waals surface area contributed by atoms with Crippen LogP contribution >= 0.6 is 11.8 Å². The van der Waals surface area contributed by atoms with E-state index in [1.165, 1.54) is 32.4 Å². The second kappa shape index (κ2) is 8.76. The van der Waals surface area contributed by atoms with E-state index < -0.39 is 5.76 Å². The molecule has 1 atom stereocenters. The maximum atomic E-state index is 12.1. The quantitative estimate of drug-likeness (QED) is 0.791. The van der Waals surface area contributed by atoms with Crippen molar-refractivity contribution in [2.75, 3.05) is 19.6 Å². The van der Waals surface area contributed by atoms with Crippen molar-refractivity contribution in [3.63, 3.8) is 0 Å². The molecule has 3 nitrogen and oxygen atoms in total. The Morgan fingerprint density at radius 2 is 1.95 bits per heavy atom. The summed E-state index contributed by atoms with van der Waals surface area (Å²) in [6.45, 7) is 6.26. The number of likely N-dealkylation sites (tertiary alicyclic amines) is 1. The maximum Gasteiger partial charge on any atom is 0.284 e. The average Bonchev–Trinajstić information content (AvgIpc) is 2.92. The molecule has 0 bridgehead atoms. The van der Waals surface area contributed by atoms with Crippen molar-refractivity contribution in [3.05, 3.63) is 23.7 Å². The van der Waals surface area contributed by atoms with Crippen LogP contribution in [0.25, 0.3) is 0 Å². The molecule has 1 aromatic rings. The minimum absolute atomic E-state index is 0.223. The van der Waals surface area contributed by atoms with Gasteiger partial charge in [0.2, 0.25) is 0 Å². The average molecular weight is 318 g/mol. The summed E-state index contributed by atoms with van der Waals surface area (Å²) < 4.78 is 29.8. The molecule has 0 aliphatic carbocycles. The second-order valence-corrected chi connectivity index (χ2v) is 6.56. The first-order valence-corrected chi connectivity index (χ1v) is 8.61. The Kier molecular flexibility index (Phi) is 6.99. The molecule has 0 saturated carbocycles. The summed E-state index contributed by atoms with van der Waals surface area (Å²) in [4.78, 5) is 2.49. The smallest absolute Gasteiger partial charge is 0.284 e. The number of hydrogen-bond donors (Lipinski definition) is 1. The van der Waals surface area contributed by atoms with Gasteiger partial charge in [-0.2, -0.15) is 8.78 Å². The van der Waals surface area contributed by atoms with Gasteiger partial charge in [-0.05, 0) is 45.0 Å². The van der Waals surface area contributed by atoms with E-state index in [1.54, 1.807) is 6.07 Å². The van der Waals surface area contributed by atoms with E-state index in [1.807, 2.05) is 6.07 Å².